The van der Waals surface area contributed by atoms with Gasteiger partial charge in [0.15, 0.2) is 0 Å². The van der Waals surface area contributed by atoms with Crippen molar-refractivity contribution in [3.8, 4) is 0 Å². The summed E-state index contributed by atoms with van der Waals surface area (Å²) < 4.78 is 10.1. The van der Waals surface area contributed by atoms with Gasteiger partial charge in [-0.1, -0.05) is 13.8 Å². The molecular weight excluding hydrogens is 260 g/mol. The number of carbonyl (C=O) groups excluding carboxylic acids is 2. The van der Waals surface area contributed by atoms with Crippen molar-refractivity contribution in [2.45, 2.75) is 46.3 Å². The molecule has 1 amide bonds. The molecule has 20 heavy (non-hydrogen) atoms. The molecule has 1 atom stereocenters. The molecule has 2 N–H and O–H groups in total. The van der Waals surface area contributed by atoms with Gasteiger partial charge in [-0.05, 0) is 26.2 Å². The van der Waals surface area contributed by atoms with E-state index in [4.69, 9.17) is 9.47 Å². The predicted octanol–water partition coefficient (Wildman–Crippen LogP) is 0.705. The van der Waals surface area contributed by atoms with Gasteiger partial charge in [0, 0.05) is 13.2 Å². The third-order valence-electron chi connectivity index (χ3n) is 2.70. The Balaban J connectivity index is 3.82. The van der Waals surface area contributed by atoms with E-state index in [2.05, 4.69) is 10.6 Å². The number of carbonyl (C=O) groups is 2. The summed E-state index contributed by atoms with van der Waals surface area (Å²) in [5.74, 6) is -0.420. The van der Waals surface area contributed by atoms with Crippen molar-refractivity contribution in [2.75, 3.05) is 26.8 Å². The highest BCUT2D eigenvalue weighted by Gasteiger charge is 2.22. The van der Waals surface area contributed by atoms with Gasteiger partial charge in [0.05, 0.1) is 19.8 Å². The molecule has 0 radical (unpaired) electrons. The van der Waals surface area contributed by atoms with E-state index in [1.165, 1.54) is 7.11 Å². The second-order valence-electron chi connectivity index (χ2n) is 5.25. The largest absolute Gasteiger partial charge is 0.468 e. The van der Waals surface area contributed by atoms with Crippen molar-refractivity contribution in [2.24, 2.45) is 5.92 Å². The van der Waals surface area contributed by atoms with Crippen LogP contribution in [0.1, 0.15) is 34.1 Å². The SMILES string of the molecule is COC(=O)C(NCC(=O)NCCCOC(C)C)C(C)C. The van der Waals surface area contributed by atoms with Crippen LogP contribution in [0.2, 0.25) is 0 Å². The molecule has 0 fully saturated rings. The molecule has 0 bridgehead atoms. The topological polar surface area (TPSA) is 76.7 Å². The van der Waals surface area contributed by atoms with Crippen LogP contribution in [0.3, 0.4) is 0 Å². The van der Waals surface area contributed by atoms with Gasteiger partial charge in [-0.25, -0.2) is 0 Å². The standard InChI is InChI=1S/C14H28N2O4/c1-10(2)13(14(18)19-5)16-9-12(17)15-7-6-8-20-11(3)4/h10-11,13,16H,6-9H2,1-5H3,(H,15,17). The predicted molar refractivity (Wildman–Crippen MR) is 77.4 cm³/mol. The first kappa shape index (κ1) is 18.9. The fraction of sp³-hybridized carbons (Fsp3) is 0.857. The molecule has 0 rings (SSSR count). The van der Waals surface area contributed by atoms with Crippen LogP contribution in [0.15, 0.2) is 0 Å². The molecule has 0 spiro atoms. The van der Waals surface area contributed by atoms with Crippen LogP contribution < -0.4 is 10.6 Å². The Morgan fingerprint density at radius 2 is 1.80 bits per heavy atom. The number of esters is 1. The first-order valence-corrected chi connectivity index (χ1v) is 7.08. The third-order valence-corrected chi connectivity index (χ3v) is 2.70. The summed E-state index contributed by atoms with van der Waals surface area (Å²) >= 11 is 0. The molecule has 6 nitrogen and oxygen atoms in total. The van der Waals surface area contributed by atoms with Gasteiger partial charge in [-0.2, -0.15) is 0 Å². The minimum atomic E-state index is -0.463. The molecule has 0 aliphatic rings. The lowest BCUT2D eigenvalue weighted by molar-refractivity contribution is -0.144. The van der Waals surface area contributed by atoms with Crippen molar-refractivity contribution >= 4 is 11.9 Å². The number of ether oxygens (including phenoxy) is 2. The number of methoxy groups -OCH3 is 1. The van der Waals surface area contributed by atoms with Crippen LogP contribution in [-0.2, 0) is 19.1 Å². The number of amides is 1. The Morgan fingerprint density at radius 3 is 2.30 bits per heavy atom. The van der Waals surface area contributed by atoms with Gasteiger partial charge in [0.25, 0.3) is 0 Å². The summed E-state index contributed by atoms with van der Waals surface area (Å²) in [5.41, 5.74) is 0. The van der Waals surface area contributed by atoms with Crippen molar-refractivity contribution in [3.63, 3.8) is 0 Å². The Labute approximate surface area is 121 Å². The van der Waals surface area contributed by atoms with E-state index in [-0.39, 0.29) is 30.4 Å². The lowest BCUT2D eigenvalue weighted by Crippen LogP contribution is -2.46. The summed E-state index contributed by atoms with van der Waals surface area (Å²) in [4.78, 5) is 23.1. The Morgan fingerprint density at radius 1 is 1.15 bits per heavy atom. The summed E-state index contributed by atoms with van der Waals surface area (Å²) in [6.45, 7) is 9.04. The highest BCUT2D eigenvalue weighted by molar-refractivity contribution is 5.80. The van der Waals surface area contributed by atoms with E-state index in [1.54, 1.807) is 0 Å². The molecule has 0 aromatic carbocycles. The summed E-state index contributed by atoms with van der Waals surface area (Å²) in [7, 11) is 1.34. The number of hydrogen-bond donors (Lipinski definition) is 2. The molecule has 118 valence electrons. The molecule has 0 saturated heterocycles. The third kappa shape index (κ3) is 8.87. The van der Waals surface area contributed by atoms with E-state index >= 15 is 0 Å². The van der Waals surface area contributed by atoms with Crippen molar-refractivity contribution in [1.82, 2.24) is 10.6 Å². The van der Waals surface area contributed by atoms with Crippen LogP contribution in [0, 0.1) is 5.92 Å². The first-order chi connectivity index (χ1) is 9.38. The highest BCUT2D eigenvalue weighted by Crippen LogP contribution is 2.02. The maximum Gasteiger partial charge on any atom is 0.323 e. The monoisotopic (exact) mass is 288 g/mol. The van der Waals surface area contributed by atoms with E-state index in [0.29, 0.717) is 13.2 Å². The molecule has 0 heterocycles. The minimum Gasteiger partial charge on any atom is -0.468 e. The molecule has 0 saturated carbocycles. The summed E-state index contributed by atoms with van der Waals surface area (Å²) in [5, 5.41) is 5.69. The van der Waals surface area contributed by atoms with E-state index in [1.807, 2.05) is 27.7 Å². The lowest BCUT2D eigenvalue weighted by atomic mass is 10.0. The molecule has 0 aromatic rings. The second kappa shape index (κ2) is 10.6. The lowest BCUT2D eigenvalue weighted by Gasteiger charge is -2.19. The molecule has 1 unspecified atom stereocenters. The zero-order chi connectivity index (χ0) is 15.5. The summed E-state index contributed by atoms with van der Waals surface area (Å²) in [6, 6.07) is -0.463. The van der Waals surface area contributed by atoms with E-state index in [9.17, 15) is 9.59 Å². The van der Waals surface area contributed by atoms with Crippen molar-refractivity contribution < 1.29 is 19.1 Å². The molecule has 0 aliphatic carbocycles. The summed E-state index contributed by atoms with van der Waals surface area (Å²) in [6.07, 6.45) is 0.980. The Bertz CT molecular complexity index is 293. The van der Waals surface area contributed by atoms with Crippen LogP contribution in [0.25, 0.3) is 0 Å². The van der Waals surface area contributed by atoms with Crippen molar-refractivity contribution in [3.05, 3.63) is 0 Å². The Kier molecular flexibility index (Phi) is 10.0. The van der Waals surface area contributed by atoms with Gasteiger partial charge in [-0.3, -0.25) is 14.9 Å². The highest BCUT2D eigenvalue weighted by atomic mass is 16.5. The Hall–Kier alpha value is -1.14. The molecule has 0 aromatic heterocycles. The number of hydrogen-bond acceptors (Lipinski definition) is 5. The number of rotatable bonds is 10. The van der Waals surface area contributed by atoms with Gasteiger partial charge in [0.2, 0.25) is 5.91 Å². The van der Waals surface area contributed by atoms with Crippen molar-refractivity contribution in [1.29, 1.82) is 0 Å². The normalized spacial score (nSPS) is 12.6. The van der Waals surface area contributed by atoms with Crippen LogP contribution in [0.4, 0.5) is 0 Å². The maximum absolute atomic E-state index is 11.6. The second-order valence-corrected chi connectivity index (χ2v) is 5.25. The minimum absolute atomic E-state index is 0.0645. The van der Waals surface area contributed by atoms with E-state index in [0.717, 1.165) is 6.42 Å². The van der Waals surface area contributed by atoms with Gasteiger partial charge >= 0.3 is 5.97 Å². The fourth-order valence-electron chi connectivity index (χ4n) is 1.60. The van der Waals surface area contributed by atoms with Gasteiger partial charge in [0.1, 0.15) is 6.04 Å². The average Bonchev–Trinajstić information content (AvgIpc) is 2.37. The van der Waals surface area contributed by atoms with Gasteiger partial charge < -0.3 is 14.8 Å². The maximum atomic E-state index is 11.6. The van der Waals surface area contributed by atoms with E-state index < -0.39 is 6.04 Å². The quantitative estimate of drug-likeness (QED) is 0.457. The van der Waals surface area contributed by atoms with Crippen LogP contribution in [-0.4, -0.2) is 50.8 Å². The zero-order valence-electron chi connectivity index (χ0n) is 13.2. The fourth-order valence-corrected chi connectivity index (χ4v) is 1.60. The first-order valence-electron chi connectivity index (χ1n) is 7.08. The van der Waals surface area contributed by atoms with Crippen LogP contribution in [0.5, 0.6) is 0 Å². The number of nitrogens with one attached hydrogen (secondary N) is 2. The molecule has 6 heteroatoms. The molecular formula is C14H28N2O4. The molecule has 0 aliphatic heterocycles. The average molecular weight is 288 g/mol. The zero-order valence-corrected chi connectivity index (χ0v) is 13.2. The van der Waals surface area contributed by atoms with Crippen LogP contribution >= 0.6 is 0 Å². The smallest absolute Gasteiger partial charge is 0.323 e. The van der Waals surface area contributed by atoms with Gasteiger partial charge in [-0.15, -0.1) is 0 Å².